The van der Waals surface area contributed by atoms with Gasteiger partial charge >= 0.3 is 12.3 Å². The van der Waals surface area contributed by atoms with Crippen molar-refractivity contribution in [2.45, 2.75) is 99.4 Å². The van der Waals surface area contributed by atoms with E-state index in [-0.39, 0.29) is 11.6 Å². The lowest BCUT2D eigenvalue weighted by molar-refractivity contribution is -0.0891. The Labute approximate surface area is 249 Å². The lowest BCUT2D eigenvalue weighted by Gasteiger charge is -2.42. The van der Waals surface area contributed by atoms with E-state index in [1.54, 1.807) is 57.9 Å². The van der Waals surface area contributed by atoms with Crippen molar-refractivity contribution in [3.63, 3.8) is 0 Å². The summed E-state index contributed by atoms with van der Waals surface area (Å²) in [6.07, 6.45) is 3.96. The van der Waals surface area contributed by atoms with Gasteiger partial charge in [0.25, 0.3) is 0 Å². The zero-order valence-electron chi connectivity index (χ0n) is 26.5. The second-order valence-electron chi connectivity index (χ2n) is 11.0. The van der Waals surface area contributed by atoms with Crippen molar-refractivity contribution in [1.82, 2.24) is 14.8 Å². The number of nitriles is 1. The fraction of sp³-hybridized carbons (Fsp3) is 0.562. The van der Waals surface area contributed by atoms with Crippen molar-refractivity contribution in [3.05, 3.63) is 64.8 Å². The molecule has 232 valence electrons. The van der Waals surface area contributed by atoms with Crippen LogP contribution in [-0.2, 0) is 11.2 Å². The Morgan fingerprint density at radius 3 is 2.40 bits per heavy atom. The number of pyridine rings is 1. The minimum Gasteiger partial charge on any atom is -0.444 e. The summed E-state index contributed by atoms with van der Waals surface area (Å²) in [5.74, 6) is 0. The molecule has 1 aromatic heterocycles. The molecular formula is C32H46F3N5O2. The van der Waals surface area contributed by atoms with Crippen LogP contribution in [0, 0.1) is 11.3 Å². The van der Waals surface area contributed by atoms with Crippen LogP contribution in [0.15, 0.2) is 58.5 Å². The third-order valence-corrected chi connectivity index (χ3v) is 6.38. The molecule has 1 saturated heterocycles. The van der Waals surface area contributed by atoms with Crippen molar-refractivity contribution in [2.24, 2.45) is 4.99 Å². The van der Waals surface area contributed by atoms with E-state index in [0.717, 1.165) is 31.0 Å². The summed E-state index contributed by atoms with van der Waals surface area (Å²) in [5.41, 5.74) is 1.26. The maximum absolute atomic E-state index is 13.8. The minimum absolute atomic E-state index is 0.0775. The van der Waals surface area contributed by atoms with Gasteiger partial charge < -0.3 is 14.5 Å². The van der Waals surface area contributed by atoms with Crippen LogP contribution in [0.1, 0.15) is 86.4 Å². The average molecular weight is 590 g/mol. The average Bonchev–Trinajstić information content (AvgIpc) is 2.90. The van der Waals surface area contributed by atoms with E-state index in [1.807, 2.05) is 24.8 Å². The van der Waals surface area contributed by atoms with E-state index < -0.39 is 23.4 Å². The lowest BCUT2D eigenvalue weighted by atomic mass is 9.97. The first-order valence-electron chi connectivity index (χ1n) is 14.3. The number of halogens is 3. The van der Waals surface area contributed by atoms with E-state index in [0.29, 0.717) is 36.6 Å². The van der Waals surface area contributed by atoms with Gasteiger partial charge in [-0.25, -0.2) is 4.79 Å². The molecule has 1 aliphatic rings. The first kappa shape index (κ1) is 36.4. The predicted molar refractivity (Wildman–Crippen MR) is 162 cm³/mol. The summed E-state index contributed by atoms with van der Waals surface area (Å²) >= 11 is 0. The van der Waals surface area contributed by atoms with Gasteiger partial charge in [0, 0.05) is 60.7 Å². The number of hydrogen-bond donors (Lipinski definition) is 0. The number of ether oxygens (including phenoxy) is 1. The molecule has 0 radical (unpaired) electrons. The van der Waals surface area contributed by atoms with Gasteiger partial charge in [0.15, 0.2) is 0 Å². The quantitative estimate of drug-likeness (QED) is 0.238. The van der Waals surface area contributed by atoms with Crippen molar-refractivity contribution in [3.8, 4) is 6.07 Å². The molecule has 0 aliphatic carbocycles. The zero-order valence-corrected chi connectivity index (χ0v) is 26.5. The summed E-state index contributed by atoms with van der Waals surface area (Å²) in [6, 6.07) is 5.43. The molecule has 0 N–H and O–H groups in total. The molecule has 2 rings (SSSR count). The molecule has 0 saturated carbocycles. The highest BCUT2D eigenvalue weighted by molar-refractivity contribution is 6.03. The SMILES string of the molecule is CCCc1cc(C#N)ccn1.C\C=C(C(/C(C)=N/C=C/CC)=C(/C)N1CCN(C(=O)OC(C)(C)C)C(C)C1)\C(F)(F)F. The smallest absolute Gasteiger partial charge is 0.416 e. The topological polar surface area (TPSA) is 81.8 Å². The Hall–Kier alpha value is -3.61. The first-order chi connectivity index (χ1) is 19.6. The van der Waals surface area contributed by atoms with E-state index in [9.17, 15) is 18.0 Å². The molecule has 1 unspecified atom stereocenters. The maximum atomic E-state index is 13.8. The van der Waals surface area contributed by atoms with E-state index in [1.165, 1.54) is 13.1 Å². The number of aromatic nitrogens is 1. The Balaban J connectivity index is 0.000000666. The van der Waals surface area contributed by atoms with E-state index >= 15 is 0 Å². The Morgan fingerprint density at radius 2 is 1.90 bits per heavy atom. The molecule has 1 fully saturated rings. The van der Waals surface area contributed by atoms with Crippen molar-refractivity contribution < 1.29 is 22.7 Å². The van der Waals surface area contributed by atoms with Crippen LogP contribution in [-0.4, -0.2) is 64.0 Å². The number of nitrogens with zero attached hydrogens (tertiary/aromatic N) is 5. The van der Waals surface area contributed by atoms with Gasteiger partial charge in [-0.1, -0.05) is 32.4 Å². The van der Waals surface area contributed by atoms with Gasteiger partial charge in [0.1, 0.15) is 5.60 Å². The van der Waals surface area contributed by atoms with Gasteiger partial charge in [-0.05, 0) is 73.4 Å². The van der Waals surface area contributed by atoms with Gasteiger partial charge in [0.05, 0.1) is 17.2 Å². The number of hydrogen-bond acceptors (Lipinski definition) is 6. The molecular weight excluding hydrogens is 543 g/mol. The van der Waals surface area contributed by atoms with Crippen molar-refractivity contribution in [1.29, 1.82) is 5.26 Å². The Morgan fingerprint density at radius 1 is 1.24 bits per heavy atom. The van der Waals surface area contributed by atoms with Crippen LogP contribution in [0.25, 0.3) is 0 Å². The highest BCUT2D eigenvalue weighted by Crippen LogP contribution is 2.35. The maximum Gasteiger partial charge on any atom is 0.416 e. The first-order valence-corrected chi connectivity index (χ1v) is 14.3. The van der Waals surface area contributed by atoms with Crippen LogP contribution in [0.2, 0.25) is 0 Å². The molecule has 7 nitrogen and oxygen atoms in total. The highest BCUT2D eigenvalue weighted by Gasteiger charge is 2.38. The summed E-state index contributed by atoms with van der Waals surface area (Å²) in [4.78, 5) is 24.3. The number of carbonyl (C=O) groups excluding carboxylic acids is 1. The van der Waals surface area contributed by atoms with Crippen LogP contribution in [0.3, 0.4) is 0 Å². The molecule has 0 spiro atoms. The summed E-state index contributed by atoms with van der Waals surface area (Å²) in [5, 5.41) is 8.55. The fourth-order valence-corrected chi connectivity index (χ4v) is 4.39. The van der Waals surface area contributed by atoms with Gasteiger partial charge in [-0.15, -0.1) is 0 Å². The van der Waals surface area contributed by atoms with Crippen LogP contribution in [0.4, 0.5) is 18.0 Å². The molecule has 1 aromatic rings. The summed E-state index contributed by atoms with van der Waals surface area (Å²) in [6.45, 7) is 17.1. The molecule has 1 aliphatic heterocycles. The zero-order chi connectivity index (χ0) is 32.1. The van der Waals surface area contributed by atoms with Crippen LogP contribution in [0.5, 0.6) is 0 Å². The summed E-state index contributed by atoms with van der Waals surface area (Å²) in [7, 11) is 0. The second-order valence-corrected chi connectivity index (χ2v) is 11.0. The number of alkyl halides is 3. The van der Waals surface area contributed by atoms with Crippen LogP contribution < -0.4 is 0 Å². The molecule has 0 aromatic carbocycles. The molecule has 1 atom stereocenters. The Kier molecular flexibility index (Phi) is 14.5. The molecule has 0 bridgehead atoms. The normalized spacial score (nSPS) is 17.4. The molecule has 10 heteroatoms. The number of carbonyl (C=O) groups is 1. The standard InChI is InChI=1S/C23H36F3N3O2.C9H10N2/c1-9-11-12-27-17(4)20(19(10-2)23(24,25)26)18(5)28-13-14-29(16(3)15-28)21(30)31-22(6,7)8;1-2-3-9-6-8(7-10)4-5-11-9/h10-12,16H,9,13-15H2,1-8H3;4-6H,2-3H2,1H3/b12-11+,19-10+,20-18-,27-17+;. The predicted octanol–water partition coefficient (Wildman–Crippen LogP) is 8.00. The van der Waals surface area contributed by atoms with Gasteiger partial charge in [-0.3, -0.25) is 9.98 Å². The largest absolute Gasteiger partial charge is 0.444 e. The van der Waals surface area contributed by atoms with E-state index in [2.05, 4.69) is 23.0 Å². The second kappa shape index (κ2) is 16.7. The molecule has 1 amide bonds. The number of aryl methyl sites for hydroxylation is 1. The minimum atomic E-state index is -4.50. The van der Waals surface area contributed by atoms with Crippen LogP contribution >= 0.6 is 0 Å². The molecule has 2 heterocycles. The van der Waals surface area contributed by atoms with Gasteiger partial charge in [-0.2, -0.15) is 18.4 Å². The number of amides is 1. The number of rotatable bonds is 7. The van der Waals surface area contributed by atoms with Crippen molar-refractivity contribution >= 4 is 11.8 Å². The monoisotopic (exact) mass is 589 g/mol. The fourth-order valence-electron chi connectivity index (χ4n) is 4.39. The number of piperazine rings is 1. The highest BCUT2D eigenvalue weighted by atomic mass is 19.4. The number of allylic oxidation sites excluding steroid dienone is 5. The summed E-state index contributed by atoms with van der Waals surface area (Å²) < 4.78 is 46.8. The van der Waals surface area contributed by atoms with Gasteiger partial charge in [0.2, 0.25) is 0 Å². The lowest BCUT2D eigenvalue weighted by Crippen LogP contribution is -2.54. The third-order valence-electron chi connectivity index (χ3n) is 6.38. The Bertz CT molecular complexity index is 1200. The molecule has 42 heavy (non-hydrogen) atoms. The van der Waals surface area contributed by atoms with E-state index in [4.69, 9.17) is 10.00 Å². The number of aliphatic imine (C=N–C) groups is 1. The van der Waals surface area contributed by atoms with Crippen molar-refractivity contribution in [2.75, 3.05) is 19.6 Å². The third kappa shape index (κ3) is 11.7.